The summed E-state index contributed by atoms with van der Waals surface area (Å²) in [7, 11) is 0. The molecule has 1 fully saturated rings. The van der Waals surface area contributed by atoms with E-state index in [1.807, 2.05) is 6.07 Å². The molecule has 0 aromatic heterocycles. The molecule has 1 aliphatic heterocycles. The van der Waals surface area contributed by atoms with Crippen LogP contribution in [0.1, 0.15) is 16.8 Å². The molecule has 20 heavy (non-hydrogen) atoms. The fourth-order valence-electron chi connectivity index (χ4n) is 1.90. The summed E-state index contributed by atoms with van der Waals surface area (Å²) in [6.45, 7) is -0.0536. The molecule has 0 aliphatic carbocycles. The van der Waals surface area contributed by atoms with E-state index in [9.17, 15) is 19.5 Å². The number of carbonyl (C=O) groups excluding carboxylic acids is 3. The first-order valence-corrected chi connectivity index (χ1v) is 6.70. The topological polar surface area (TPSA) is 77.5 Å². The predicted octanol–water partition coefficient (Wildman–Crippen LogP) is -3.09. The second-order valence-electron chi connectivity index (χ2n) is 4.18. The van der Waals surface area contributed by atoms with Crippen molar-refractivity contribution in [3.8, 4) is 0 Å². The Kier molecular flexibility index (Phi) is 6.75. The van der Waals surface area contributed by atoms with E-state index in [1.165, 1.54) is 4.90 Å². The Morgan fingerprint density at radius 2 is 1.95 bits per heavy atom. The van der Waals surface area contributed by atoms with Gasteiger partial charge in [0.1, 0.15) is 0 Å². The minimum atomic E-state index is -1.28. The van der Waals surface area contributed by atoms with Crippen LogP contribution in [-0.4, -0.2) is 40.2 Å². The number of likely N-dealkylation sites (tertiary alicyclic amines) is 1. The van der Waals surface area contributed by atoms with Crippen molar-refractivity contribution in [3.63, 3.8) is 0 Å². The molecule has 2 rings (SSSR count). The second kappa shape index (κ2) is 7.83. The van der Waals surface area contributed by atoms with Gasteiger partial charge in [-0.25, -0.2) is 0 Å². The van der Waals surface area contributed by atoms with Crippen molar-refractivity contribution in [2.75, 3.05) is 13.1 Å². The molecule has 0 saturated carbocycles. The third-order valence-corrected chi connectivity index (χ3v) is 4.00. The van der Waals surface area contributed by atoms with E-state index < -0.39 is 17.8 Å². The number of rotatable bonds is 4. The minimum Gasteiger partial charge on any atom is -0.548 e. The molecule has 1 aromatic rings. The van der Waals surface area contributed by atoms with Gasteiger partial charge >= 0.3 is 29.6 Å². The van der Waals surface area contributed by atoms with Crippen molar-refractivity contribution in [2.24, 2.45) is 0 Å². The summed E-state index contributed by atoms with van der Waals surface area (Å²) in [4.78, 5) is 35.5. The van der Waals surface area contributed by atoms with Gasteiger partial charge in [0.05, 0.1) is 17.8 Å². The molecule has 0 spiro atoms. The molecule has 1 amide bonds. The molecule has 0 bridgehead atoms. The number of thioether (sulfide) groups is 1. The fraction of sp³-hybridized carbons (Fsp3) is 0.308. The first-order valence-electron chi connectivity index (χ1n) is 5.82. The summed E-state index contributed by atoms with van der Waals surface area (Å²) in [5.74, 6) is -1.59. The van der Waals surface area contributed by atoms with Crippen molar-refractivity contribution in [1.29, 1.82) is 0 Å². The first kappa shape index (κ1) is 17.2. The van der Waals surface area contributed by atoms with Gasteiger partial charge in [-0.15, -0.1) is 0 Å². The number of hydrogen-bond acceptors (Lipinski definition) is 5. The number of carboxylic acid groups (broad SMARTS) is 1. The predicted molar refractivity (Wildman–Crippen MR) is 68.4 cm³/mol. The molecule has 1 saturated heterocycles. The Balaban J connectivity index is 0.00000200. The van der Waals surface area contributed by atoms with Crippen molar-refractivity contribution in [3.05, 3.63) is 35.9 Å². The van der Waals surface area contributed by atoms with Gasteiger partial charge in [-0.05, 0) is 6.42 Å². The normalized spacial score (nSPS) is 17.7. The number of amides is 1. The van der Waals surface area contributed by atoms with Gasteiger partial charge in [-0.3, -0.25) is 9.59 Å². The number of nitrogens with zero attached hydrogens (tertiary/aromatic N) is 1. The first-order chi connectivity index (χ1) is 9.08. The Morgan fingerprint density at radius 3 is 2.55 bits per heavy atom. The zero-order valence-electron chi connectivity index (χ0n) is 11.1. The third-order valence-electron chi connectivity index (χ3n) is 2.83. The summed E-state index contributed by atoms with van der Waals surface area (Å²) in [6, 6.07) is 8.70. The van der Waals surface area contributed by atoms with Crippen LogP contribution in [0.15, 0.2) is 30.3 Å². The van der Waals surface area contributed by atoms with E-state index in [0.717, 1.165) is 11.8 Å². The van der Waals surface area contributed by atoms with Gasteiger partial charge < -0.3 is 14.8 Å². The van der Waals surface area contributed by atoms with E-state index in [1.54, 1.807) is 24.3 Å². The summed E-state index contributed by atoms with van der Waals surface area (Å²) in [6.07, 6.45) is 0.482. The zero-order valence-corrected chi connectivity index (χ0v) is 13.9. The van der Waals surface area contributed by atoms with Crippen LogP contribution in [0.25, 0.3) is 0 Å². The third kappa shape index (κ3) is 4.34. The summed E-state index contributed by atoms with van der Waals surface area (Å²) >= 11 is 0.956. The number of carboxylic acids is 1. The fourth-order valence-corrected chi connectivity index (χ4v) is 2.91. The molecule has 1 unspecified atom stereocenters. The van der Waals surface area contributed by atoms with Crippen LogP contribution in [0.2, 0.25) is 0 Å². The van der Waals surface area contributed by atoms with Gasteiger partial charge in [0.25, 0.3) is 0 Å². The number of aliphatic carboxylic acids is 1. The van der Waals surface area contributed by atoms with Crippen LogP contribution >= 0.6 is 11.8 Å². The SMILES string of the molecule is O=C([O-])CN1CCC(SC(=O)c2ccccc2)C1=O.[Na+]. The van der Waals surface area contributed by atoms with Crippen LogP contribution in [0.4, 0.5) is 0 Å². The van der Waals surface area contributed by atoms with Crippen molar-refractivity contribution < 1.29 is 49.0 Å². The largest absolute Gasteiger partial charge is 1.00 e. The van der Waals surface area contributed by atoms with Crippen molar-refractivity contribution in [2.45, 2.75) is 11.7 Å². The number of hydrogen-bond donors (Lipinski definition) is 0. The van der Waals surface area contributed by atoms with Gasteiger partial charge in [0.15, 0.2) is 0 Å². The maximum absolute atomic E-state index is 11.9. The van der Waals surface area contributed by atoms with Gasteiger partial charge in [-0.1, -0.05) is 42.1 Å². The van der Waals surface area contributed by atoms with Crippen molar-refractivity contribution in [1.82, 2.24) is 4.90 Å². The zero-order chi connectivity index (χ0) is 13.8. The Labute approximate surface area is 143 Å². The van der Waals surface area contributed by atoms with Crippen LogP contribution in [-0.2, 0) is 9.59 Å². The Bertz CT molecular complexity index is 508. The minimum absolute atomic E-state index is 0. The summed E-state index contributed by atoms with van der Waals surface area (Å²) in [5, 5.41) is 9.81. The van der Waals surface area contributed by atoms with E-state index in [0.29, 0.717) is 18.5 Å². The molecule has 1 heterocycles. The molecule has 1 atom stereocenters. The van der Waals surface area contributed by atoms with Gasteiger partial charge in [-0.2, -0.15) is 0 Å². The quantitative estimate of drug-likeness (QED) is 0.551. The van der Waals surface area contributed by atoms with Crippen LogP contribution < -0.4 is 34.7 Å². The molecular weight excluding hydrogens is 289 g/mol. The smallest absolute Gasteiger partial charge is 0.548 e. The van der Waals surface area contributed by atoms with Crippen LogP contribution in [0.5, 0.6) is 0 Å². The van der Waals surface area contributed by atoms with E-state index in [-0.39, 0.29) is 40.6 Å². The Hall–Kier alpha value is -0.820. The molecule has 0 N–H and O–H groups in total. The maximum Gasteiger partial charge on any atom is 1.00 e. The molecule has 7 heteroatoms. The second-order valence-corrected chi connectivity index (χ2v) is 5.36. The average Bonchev–Trinajstić information content (AvgIpc) is 2.72. The molecule has 1 aromatic carbocycles. The monoisotopic (exact) mass is 301 g/mol. The average molecular weight is 301 g/mol. The van der Waals surface area contributed by atoms with Gasteiger partial charge in [0.2, 0.25) is 11.0 Å². The number of benzene rings is 1. The summed E-state index contributed by atoms with van der Waals surface area (Å²) in [5.41, 5.74) is 0.540. The Morgan fingerprint density at radius 1 is 1.30 bits per heavy atom. The molecule has 5 nitrogen and oxygen atoms in total. The van der Waals surface area contributed by atoms with Gasteiger partial charge in [0, 0.05) is 12.1 Å². The van der Waals surface area contributed by atoms with E-state index in [4.69, 9.17) is 0 Å². The van der Waals surface area contributed by atoms with Crippen molar-refractivity contribution >= 4 is 28.8 Å². The maximum atomic E-state index is 11.9. The molecule has 100 valence electrons. The molecule has 0 radical (unpaired) electrons. The van der Waals surface area contributed by atoms with Crippen LogP contribution in [0.3, 0.4) is 0 Å². The number of carbonyl (C=O) groups is 3. The summed E-state index contributed by atoms with van der Waals surface area (Å²) < 4.78 is 0. The molecule has 1 aliphatic rings. The van der Waals surface area contributed by atoms with E-state index >= 15 is 0 Å². The van der Waals surface area contributed by atoms with E-state index in [2.05, 4.69) is 0 Å². The molecular formula is C13H12NNaO4S. The standard InChI is InChI=1S/C13H13NO4S.Na/c15-11(16)8-14-7-6-10(12(14)17)19-13(18)9-4-2-1-3-5-9;/h1-5,10H,6-8H2,(H,15,16);/q;+1/p-1. The van der Waals surface area contributed by atoms with Crippen LogP contribution in [0, 0.1) is 0 Å².